The minimum atomic E-state index is -0.773. The fourth-order valence-corrected chi connectivity index (χ4v) is 5.58. The molecule has 7 nitrogen and oxygen atoms in total. The number of benzene rings is 2. The topological polar surface area (TPSA) is 78.0 Å². The number of rotatable bonds is 7. The molecule has 0 spiro atoms. The molecule has 3 heterocycles. The summed E-state index contributed by atoms with van der Waals surface area (Å²) in [5, 5.41) is 11.8. The molecule has 8 heteroatoms. The second-order valence-corrected chi connectivity index (χ2v) is 11.0. The van der Waals surface area contributed by atoms with Gasteiger partial charge in [0.1, 0.15) is 18.0 Å². The Balaban J connectivity index is 1.34. The second kappa shape index (κ2) is 11.0. The molecule has 2 aliphatic rings. The maximum Gasteiger partial charge on any atom is 0.225 e. The molecule has 2 aromatic carbocycles. The summed E-state index contributed by atoms with van der Waals surface area (Å²) in [7, 11) is 0. The average Bonchev–Trinajstić information content (AvgIpc) is 3.34. The van der Waals surface area contributed by atoms with Gasteiger partial charge in [-0.15, -0.1) is 0 Å². The molecule has 1 aromatic heterocycles. The molecule has 198 valence electrons. The summed E-state index contributed by atoms with van der Waals surface area (Å²) in [6.45, 7) is 8.03. The largest absolute Gasteiger partial charge is 0.490 e. The molecule has 3 aromatic rings. The minimum Gasteiger partial charge on any atom is -0.490 e. The lowest BCUT2D eigenvalue weighted by Crippen LogP contribution is -2.57. The van der Waals surface area contributed by atoms with Crippen molar-refractivity contribution < 1.29 is 19.4 Å². The SMILES string of the molecule is Cc1cc(OC[C@@]2(CC(=O)N3CCC(O)CC3)CN(Cc3ccc4[nH]ccc4c3)CCO2)cc(C)c1Cl. The van der Waals surface area contributed by atoms with E-state index in [1.165, 1.54) is 10.9 Å². The Labute approximate surface area is 223 Å². The predicted molar refractivity (Wildman–Crippen MR) is 145 cm³/mol. The van der Waals surface area contributed by atoms with Crippen molar-refractivity contribution in [2.45, 2.75) is 51.4 Å². The van der Waals surface area contributed by atoms with E-state index in [9.17, 15) is 9.90 Å². The Morgan fingerprint density at radius 1 is 1.16 bits per heavy atom. The van der Waals surface area contributed by atoms with Crippen molar-refractivity contribution in [3.63, 3.8) is 0 Å². The van der Waals surface area contributed by atoms with Crippen LogP contribution in [0.3, 0.4) is 0 Å². The number of hydrogen-bond acceptors (Lipinski definition) is 5. The summed E-state index contributed by atoms with van der Waals surface area (Å²) < 4.78 is 12.7. The van der Waals surface area contributed by atoms with Crippen molar-refractivity contribution in [3.05, 3.63) is 64.3 Å². The lowest BCUT2D eigenvalue weighted by molar-refractivity contribution is -0.158. The number of piperidine rings is 1. The number of nitrogens with zero attached hydrogens (tertiary/aromatic N) is 2. The Morgan fingerprint density at radius 2 is 1.92 bits per heavy atom. The highest BCUT2D eigenvalue weighted by Gasteiger charge is 2.41. The van der Waals surface area contributed by atoms with Crippen LogP contribution in [0.25, 0.3) is 10.9 Å². The molecule has 2 fully saturated rings. The third-order valence-electron chi connectivity index (χ3n) is 7.55. The number of aryl methyl sites for hydroxylation is 2. The number of H-pyrrole nitrogens is 1. The van der Waals surface area contributed by atoms with Gasteiger partial charge in [0, 0.05) is 49.5 Å². The highest BCUT2D eigenvalue weighted by Crippen LogP contribution is 2.30. The number of aromatic amines is 1. The number of amides is 1. The number of hydrogen-bond donors (Lipinski definition) is 2. The number of halogens is 1. The lowest BCUT2D eigenvalue weighted by Gasteiger charge is -2.43. The fourth-order valence-electron chi connectivity index (χ4n) is 5.47. The number of aromatic nitrogens is 1. The van der Waals surface area contributed by atoms with Gasteiger partial charge in [-0.25, -0.2) is 0 Å². The van der Waals surface area contributed by atoms with E-state index in [0.717, 1.165) is 40.5 Å². The zero-order chi connectivity index (χ0) is 26.0. The van der Waals surface area contributed by atoms with Crippen molar-refractivity contribution in [2.24, 2.45) is 0 Å². The number of aliphatic hydroxyl groups excluding tert-OH is 1. The maximum absolute atomic E-state index is 13.4. The number of aliphatic hydroxyl groups is 1. The molecule has 37 heavy (non-hydrogen) atoms. The van der Waals surface area contributed by atoms with Gasteiger partial charge in [-0.1, -0.05) is 17.7 Å². The zero-order valence-electron chi connectivity index (χ0n) is 21.6. The van der Waals surface area contributed by atoms with Gasteiger partial charge in [0.2, 0.25) is 5.91 Å². The van der Waals surface area contributed by atoms with E-state index < -0.39 is 5.60 Å². The summed E-state index contributed by atoms with van der Waals surface area (Å²) in [4.78, 5) is 20.8. The van der Waals surface area contributed by atoms with Crippen LogP contribution in [0.1, 0.15) is 36.0 Å². The first-order valence-corrected chi connectivity index (χ1v) is 13.5. The van der Waals surface area contributed by atoms with Crippen molar-refractivity contribution >= 4 is 28.4 Å². The molecule has 0 unspecified atom stereocenters. The third-order valence-corrected chi connectivity index (χ3v) is 8.15. The van der Waals surface area contributed by atoms with Crippen LogP contribution < -0.4 is 4.74 Å². The molecule has 2 N–H and O–H groups in total. The molecule has 0 saturated carbocycles. The molecule has 5 rings (SSSR count). The van der Waals surface area contributed by atoms with Gasteiger partial charge in [-0.3, -0.25) is 9.69 Å². The third kappa shape index (κ3) is 6.12. The van der Waals surface area contributed by atoms with Crippen molar-refractivity contribution in [3.8, 4) is 5.75 Å². The summed E-state index contributed by atoms with van der Waals surface area (Å²) in [5.41, 5.74) is 3.49. The Bertz CT molecular complexity index is 1230. The highest BCUT2D eigenvalue weighted by molar-refractivity contribution is 6.32. The number of nitrogens with one attached hydrogen (secondary N) is 1. The van der Waals surface area contributed by atoms with E-state index in [1.54, 1.807) is 0 Å². The van der Waals surface area contributed by atoms with E-state index in [4.69, 9.17) is 21.1 Å². The van der Waals surface area contributed by atoms with Gasteiger partial charge in [0.15, 0.2) is 0 Å². The van der Waals surface area contributed by atoms with E-state index in [0.29, 0.717) is 39.1 Å². The number of likely N-dealkylation sites (tertiary alicyclic amines) is 1. The van der Waals surface area contributed by atoms with Gasteiger partial charge >= 0.3 is 0 Å². The quantitative estimate of drug-likeness (QED) is 0.476. The average molecular weight is 526 g/mol. The molecular weight excluding hydrogens is 490 g/mol. The molecule has 1 amide bonds. The van der Waals surface area contributed by atoms with Crippen molar-refractivity contribution in [1.29, 1.82) is 0 Å². The monoisotopic (exact) mass is 525 g/mol. The van der Waals surface area contributed by atoms with Crippen molar-refractivity contribution in [2.75, 3.05) is 39.4 Å². The Kier molecular flexibility index (Phi) is 7.77. The summed E-state index contributed by atoms with van der Waals surface area (Å²) in [5.74, 6) is 0.778. The summed E-state index contributed by atoms with van der Waals surface area (Å²) >= 11 is 6.36. The van der Waals surface area contributed by atoms with Crippen LogP contribution in [-0.2, 0) is 16.1 Å². The van der Waals surface area contributed by atoms with Crippen LogP contribution in [0.2, 0.25) is 5.02 Å². The number of ether oxygens (including phenoxy) is 2. The zero-order valence-corrected chi connectivity index (χ0v) is 22.4. The highest BCUT2D eigenvalue weighted by atomic mass is 35.5. The van der Waals surface area contributed by atoms with Crippen LogP contribution >= 0.6 is 11.6 Å². The van der Waals surface area contributed by atoms with Crippen LogP contribution in [0.15, 0.2) is 42.6 Å². The maximum atomic E-state index is 13.4. The number of fused-ring (bicyclic) bond motifs is 1. The van der Waals surface area contributed by atoms with Crippen LogP contribution in [-0.4, -0.2) is 76.9 Å². The molecule has 0 bridgehead atoms. The predicted octanol–water partition coefficient (Wildman–Crippen LogP) is 4.46. The number of carbonyl (C=O) groups excluding carboxylic acids is 1. The van der Waals surface area contributed by atoms with E-state index in [2.05, 4.69) is 34.1 Å². The van der Waals surface area contributed by atoms with Crippen molar-refractivity contribution in [1.82, 2.24) is 14.8 Å². The standard InChI is InChI=1S/C29H36ClN3O4/c1-20-13-25(14-21(2)28(20)30)36-19-29(16-27(35)33-9-6-24(34)7-10-33)18-32(11-12-37-29)17-22-3-4-26-23(15-22)5-8-31-26/h3-5,8,13-15,24,31,34H,6-7,9-12,16-19H2,1-2H3/t29-/m1/s1. The van der Waals surface area contributed by atoms with Gasteiger partial charge in [0.25, 0.3) is 0 Å². The number of carbonyl (C=O) groups is 1. The second-order valence-electron chi connectivity index (χ2n) is 10.6. The lowest BCUT2D eigenvalue weighted by atomic mass is 9.95. The minimum absolute atomic E-state index is 0.0505. The fraction of sp³-hybridized carbons (Fsp3) is 0.483. The molecule has 1 atom stereocenters. The smallest absolute Gasteiger partial charge is 0.225 e. The van der Waals surface area contributed by atoms with E-state index in [-0.39, 0.29) is 25.0 Å². The van der Waals surface area contributed by atoms with Gasteiger partial charge in [-0.2, -0.15) is 0 Å². The van der Waals surface area contributed by atoms with E-state index >= 15 is 0 Å². The summed E-state index contributed by atoms with van der Waals surface area (Å²) in [6.07, 6.45) is 3.11. The first-order chi connectivity index (χ1) is 17.8. The molecule has 0 radical (unpaired) electrons. The number of morpholine rings is 1. The first-order valence-electron chi connectivity index (χ1n) is 13.1. The normalized spacial score (nSPS) is 21.5. The van der Waals surface area contributed by atoms with Crippen LogP contribution in [0.4, 0.5) is 0 Å². The van der Waals surface area contributed by atoms with Crippen LogP contribution in [0, 0.1) is 13.8 Å². The first kappa shape index (κ1) is 26.0. The van der Waals surface area contributed by atoms with Gasteiger partial charge in [-0.05, 0) is 79.1 Å². The van der Waals surface area contributed by atoms with Crippen LogP contribution in [0.5, 0.6) is 5.75 Å². The molecule has 0 aliphatic carbocycles. The summed E-state index contributed by atoms with van der Waals surface area (Å²) in [6, 6.07) is 12.4. The molecular formula is C29H36ClN3O4. The molecule has 2 saturated heterocycles. The van der Waals surface area contributed by atoms with Gasteiger partial charge in [0.05, 0.1) is 19.1 Å². The van der Waals surface area contributed by atoms with Gasteiger partial charge < -0.3 is 24.5 Å². The molecule has 2 aliphatic heterocycles. The van der Waals surface area contributed by atoms with E-state index in [1.807, 2.05) is 37.1 Å². The Hall–Kier alpha value is -2.58. The Morgan fingerprint density at radius 3 is 2.68 bits per heavy atom.